The third-order valence-electron chi connectivity index (χ3n) is 1.75. The van der Waals surface area contributed by atoms with Crippen LogP contribution in [0.1, 0.15) is 52.4 Å². The minimum absolute atomic E-state index is 1.35. The van der Waals surface area contributed by atoms with Crippen molar-refractivity contribution >= 4 is 21.6 Å². The average molecular weight is 206 g/mol. The quantitative estimate of drug-likeness (QED) is 0.394. The molecule has 0 saturated heterocycles. The Hall–Kier alpha value is 0.700. The minimum atomic E-state index is 1.35. The van der Waals surface area contributed by atoms with Crippen molar-refractivity contribution in [1.82, 2.24) is 0 Å². The Morgan fingerprint density at radius 2 is 1.08 bits per heavy atom. The Balaban J connectivity index is 2.73. The highest BCUT2D eigenvalue weighted by atomic mass is 33.1. The molecule has 2 heteroatoms. The molecular formula is C10H22S2. The van der Waals surface area contributed by atoms with Gasteiger partial charge in [0.15, 0.2) is 0 Å². The van der Waals surface area contributed by atoms with E-state index < -0.39 is 0 Å². The van der Waals surface area contributed by atoms with Gasteiger partial charge >= 0.3 is 0 Å². The highest BCUT2D eigenvalue weighted by Gasteiger charge is 1.90. The molecule has 0 amide bonds. The van der Waals surface area contributed by atoms with E-state index in [1.165, 1.54) is 50.0 Å². The highest BCUT2D eigenvalue weighted by molar-refractivity contribution is 8.76. The van der Waals surface area contributed by atoms with Gasteiger partial charge in [-0.25, -0.2) is 0 Å². The summed E-state index contributed by atoms with van der Waals surface area (Å²) in [6.07, 6.45) is 8.32. The Morgan fingerprint density at radius 1 is 0.667 bits per heavy atom. The fourth-order valence-electron chi connectivity index (χ4n) is 0.940. The Bertz CT molecular complexity index is 64.2. The zero-order valence-corrected chi connectivity index (χ0v) is 10.1. The second kappa shape index (κ2) is 11.7. The standard InChI is InChI=1S/C10H22S2/c1-3-5-7-9-11-12-10-8-6-4-2/h3-10H2,1-2H3. The smallest absolute Gasteiger partial charge is 0.00369 e. The fraction of sp³-hybridized carbons (Fsp3) is 1.00. The lowest BCUT2D eigenvalue weighted by atomic mass is 10.3. The van der Waals surface area contributed by atoms with Gasteiger partial charge < -0.3 is 0 Å². The maximum absolute atomic E-state index is 2.26. The van der Waals surface area contributed by atoms with Crippen LogP contribution in [0.4, 0.5) is 0 Å². The van der Waals surface area contributed by atoms with E-state index in [2.05, 4.69) is 35.4 Å². The lowest BCUT2D eigenvalue weighted by Crippen LogP contribution is -1.79. The van der Waals surface area contributed by atoms with Gasteiger partial charge in [0.2, 0.25) is 0 Å². The molecule has 0 nitrogen and oxygen atoms in total. The molecule has 12 heavy (non-hydrogen) atoms. The summed E-state index contributed by atoms with van der Waals surface area (Å²) in [6, 6.07) is 0. The van der Waals surface area contributed by atoms with Crippen molar-refractivity contribution in [2.45, 2.75) is 52.4 Å². The molecule has 0 fully saturated rings. The van der Waals surface area contributed by atoms with Crippen LogP contribution in [-0.2, 0) is 0 Å². The van der Waals surface area contributed by atoms with E-state index in [1.54, 1.807) is 0 Å². The van der Waals surface area contributed by atoms with Gasteiger partial charge in [0.1, 0.15) is 0 Å². The van der Waals surface area contributed by atoms with Crippen LogP contribution in [0.2, 0.25) is 0 Å². The molecule has 74 valence electrons. The maximum Gasteiger partial charge on any atom is 0.00369 e. The first-order valence-corrected chi connectivity index (χ1v) is 7.65. The predicted molar refractivity (Wildman–Crippen MR) is 64.0 cm³/mol. The summed E-state index contributed by atoms with van der Waals surface area (Å²) in [5.41, 5.74) is 0. The highest BCUT2D eigenvalue weighted by Crippen LogP contribution is 2.23. The summed E-state index contributed by atoms with van der Waals surface area (Å²) in [4.78, 5) is 0. The van der Waals surface area contributed by atoms with Crippen LogP contribution in [0.5, 0.6) is 0 Å². The van der Waals surface area contributed by atoms with Crippen molar-refractivity contribution in [3.63, 3.8) is 0 Å². The first-order chi connectivity index (χ1) is 5.91. The van der Waals surface area contributed by atoms with E-state index in [1.807, 2.05) is 0 Å². The number of rotatable bonds is 9. The van der Waals surface area contributed by atoms with Crippen molar-refractivity contribution < 1.29 is 0 Å². The Kier molecular flexibility index (Phi) is 12.4. The van der Waals surface area contributed by atoms with E-state index in [4.69, 9.17) is 0 Å². The summed E-state index contributed by atoms with van der Waals surface area (Å²) < 4.78 is 0. The number of unbranched alkanes of at least 4 members (excludes halogenated alkanes) is 4. The normalized spacial score (nSPS) is 10.5. The Labute approximate surface area is 85.7 Å². The van der Waals surface area contributed by atoms with Crippen molar-refractivity contribution in [1.29, 1.82) is 0 Å². The summed E-state index contributed by atoms with van der Waals surface area (Å²) >= 11 is 0. The van der Waals surface area contributed by atoms with Gasteiger partial charge in [-0.1, -0.05) is 61.1 Å². The van der Waals surface area contributed by atoms with Crippen molar-refractivity contribution in [2.75, 3.05) is 11.5 Å². The van der Waals surface area contributed by atoms with Gasteiger partial charge in [-0.3, -0.25) is 0 Å². The molecule has 0 aromatic carbocycles. The lowest BCUT2D eigenvalue weighted by molar-refractivity contribution is 0.778. The summed E-state index contributed by atoms with van der Waals surface area (Å²) in [5.74, 6) is 2.70. The van der Waals surface area contributed by atoms with Crippen LogP contribution >= 0.6 is 21.6 Å². The van der Waals surface area contributed by atoms with Crippen LogP contribution in [0.15, 0.2) is 0 Å². The second-order valence-corrected chi connectivity index (χ2v) is 5.76. The van der Waals surface area contributed by atoms with Gasteiger partial charge in [-0.2, -0.15) is 0 Å². The third kappa shape index (κ3) is 10.7. The van der Waals surface area contributed by atoms with Gasteiger partial charge in [-0.15, -0.1) is 0 Å². The van der Waals surface area contributed by atoms with E-state index in [9.17, 15) is 0 Å². The molecule has 0 heterocycles. The zero-order chi connectivity index (χ0) is 9.07. The van der Waals surface area contributed by atoms with Gasteiger partial charge in [0, 0.05) is 11.5 Å². The first kappa shape index (κ1) is 12.7. The van der Waals surface area contributed by atoms with Crippen LogP contribution in [-0.4, -0.2) is 11.5 Å². The van der Waals surface area contributed by atoms with Crippen molar-refractivity contribution in [2.24, 2.45) is 0 Å². The van der Waals surface area contributed by atoms with E-state index in [-0.39, 0.29) is 0 Å². The Morgan fingerprint density at radius 3 is 1.42 bits per heavy atom. The van der Waals surface area contributed by atoms with Crippen LogP contribution in [0.25, 0.3) is 0 Å². The molecule has 0 aliphatic carbocycles. The summed E-state index contributed by atoms with van der Waals surface area (Å²) in [5, 5.41) is 0. The number of hydrogen-bond donors (Lipinski definition) is 0. The van der Waals surface area contributed by atoms with Gasteiger partial charge in [0.25, 0.3) is 0 Å². The predicted octanol–water partition coefficient (Wildman–Crippen LogP) is 4.75. The topological polar surface area (TPSA) is 0 Å². The van der Waals surface area contributed by atoms with Gasteiger partial charge in [-0.05, 0) is 12.8 Å². The maximum atomic E-state index is 2.26. The van der Waals surface area contributed by atoms with Gasteiger partial charge in [0.05, 0.1) is 0 Å². The molecule has 0 aromatic rings. The van der Waals surface area contributed by atoms with E-state index in [0.717, 1.165) is 0 Å². The SMILES string of the molecule is CCCCCSSCCCCC. The van der Waals surface area contributed by atoms with Crippen LogP contribution < -0.4 is 0 Å². The molecule has 0 aliphatic heterocycles. The van der Waals surface area contributed by atoms with Crippen LogP contribution in [0.3, 0.4) is 0 Å². The first-order valence-electron chi connectivity index (χ1n) is 5.16. The molecule has 0 bridgehead atoms. The van der Waals surface area contributed by atoms with Crippen LogP contribution in [0, 0.1) is 0 Å². The second-order valence-electron chi connectivity index (χ2n) is 3.06. The monoisotopic (exact) mass is 206 g/mol. The summed E-state index contributed by atoms with van der Waals surface area (Å²) in [7, 11) is 4.12. The van der Waals surface area contributed by atoms with E-state index >= 15 is 0 Å². The van der Waals surface area contributed by atoms with E-state index in [0.29, 0.717) is 0 Å². The molecule has 0 radical (unpaired) electrons. The average Bonchev–Trinajstić information content (AvgIpc) is 2.10. The largest absolute Gasteiger partial charge is 0.0942 e. The molecule has 0 spiro atoms. The minimum Gasteiger partial charge on any atom is -0.0942 e. The lowest BCUT2D eigenvalue weighted by Gasteiger charge is -1.99. The molecular weight excluding hydrogens is 184 g/mol. The van der Waals surface area contributed by atoms with Crippen molar-refractivity contribution in [3.8, 4) is 0 Å². The molecule has 0 N–H and O–H groups in total. The molecule has 0 unspecified atom stereocenters. The molecule has 0 atom stereocenters. The zero-order valence-electron chi connectivity index (χ0n) is 8.47. The molecule has 0 aromatic heterocycles. The van der Waals surface area contributed by atoms with Crippen molar-refractivity contribution in [3.05, 3.63) is 0 Å². The summed E-state index contributed by atoms with van der Waals surface area (Å²) in [6.45, 7) is 4.53. The molecule has 0 saturated carbocycles. The molecule has 0 rings (SSSR count). The fourth-order valence-corrected chi connectivity index (χ4v) is 3.23. The number of hydrogen-bond acceptors (Lipinski definition) is 2. The third-order valence-corrected chi connectivity index (χ3v) is 4.32. The molecule has 0 aliphatic rings.